The molecule has 1 amide bonds. The van der Waals surface area contributed by atoms with Gasteiger partial charge in [-0.2, -0.15) is 0 Å². The van der Waals surface area contributed by atoms with Crippen LogP contribution in [0.4, 0.5) is 0 Å². The monoisotopic (exact) mass is 202 g/mol. The lowest BCUT2D eigenvalue weighted by Crippen LogP contribution is -2.11. The molecule has 0 saturated heterocycles. The van der Waals surface area contributed by atoms with E-state index in [1.54, 1.807) is 0 Å². The van der Waals surface area contributed by atoms with Crippen LogP contribution in [-0.4, -0.2) is 10.9 Å². The summed E-state index contributed by atoms with van der Waals surface area (Å²) in [6.07, 6.45) is 1.82. The molecule has 0 fully saturated rings. The minimum Gasteiger partial charge on any atom is -0.366 e. The van der Waals surface area contributed by atoms with Crippen LogP contribution in [0.15, 0.2) is 24.4 Å². The number of hydrogen-bond acceptors (Lipinski definition) is 1. The van der Waals surface area contributed by atoms with Crippen LogP contribution in [0.3, 0.4) is 0 Å². The standard InChI is InChI=1S/C12H14N2O/c1-7(2)8-5-10(12(13)15)9-3-4-14-11(9)6-8/h3-7,14H,1-2H3,(H2,13,15). The van der Waals surface area contributed by atoms with E-state index in [2.05, 4.69) is 24.9 Å². The largest absolute Gasteiger partial charge is 0.366 e. The first kappa shape index (κ1) is 9.77. The van der Waals surface area contributed by atoms with E-state index < -0.39 is 0 Å². The lowest BCUT2D eigenvalue weighted by atomic mass is 9.98. The molecule has 15 heavy (non-hydrogen) atoms. The molecule has 1 aromatic carbocycles. The van der Waals surface area contributed by atoms with E-state index in [0.717, 1.165) is 16.5 Å². The minimum absolute atomic E-state index is 0.373. The third kappa shape index (κ3) is 1.61. The SMILES string of the molecule is CC(C)c1cc(C(N)=O)c2cc[nH]c2c1. The lowest BCUT2D eigenvalue weighted by Gasteiger charge is -2.08. The maximum atomic E-state index is 11.3. The first-order valence-electron chi connectivity index (χ1n) is 5.00. The van der Waals surface area contributed by atoms with Crippen molar-refractivity contribution in [2.45, 2.75) is 19.8 Å². The maximum Gasteiger partial charge on any atom is 0.249 e. The summed E-state index contributed by atoms with van der Waals surface area (Å²) in [5.74, 6) is 0.0119. The smallest absolute Gasteiger partial charge is 0.249 e. The van der Waals surface area contributed by atoms with Crippen LogP contribution in [-0.2, 0) is 0 Å². The molecule has 3 N–H and O–H groups in total. The summed E-state index contributed by atoms with van der Waals surface area (Å²) in [7, 11) is 0. The van der Waals surface area contributed by atoms with Gasteiger partial charge in [-0.1, -0.05) is 13.8 Å². The Morgan fingerprint density at radius 2 is 2.13 bits per heavy atom. The average Bonchev–Trinajstić information content (AvgIpc) is 2.62. The zero-order valence-electron chi connectivity index (χ0n) is 8.87. The molecule has 0 bridgehead atoms. The van der Waals surface area contributed by atoms with Crippen LogP contribution in [0.25, 0.3) is 10.9 Å². The molecule has 0 spiro atoms. The molecule has 1 heterocycles. The van der Waals surface area contributed by atoms with E-state index in [-0.39, 0.29) is 5.91 Å². The van der Waals surface area contributed by atoms with Crippen molar-refractivity contribution in [1.29, 1.82) is 0 Å². The highest BCUT2D eigenvalue weighted by Gasteiger charge is 2.10. The molecule has 0 radical (unpaired) electrons. The van der Waals surface area contributed by atoms with Gasteiger partial charge in [-0.25, -0.2) is 0 Å². The third-order valence-corrected chi connectivity index (χ3v) is 2.62. The first-order chi connectivity index (χ1) is 7.09. The van der Waals surface area contributed by atoms with Crippen molar-refractivity contribution in [2.24, 2.45) is 5.73 Å². The number of aromatic nitrogens is 1. The van der Waals surface area contributed by atoms with Gasteiger partial charge < -0.3 is 10.7 Å². The van der Waals surface area contributed by atoms with Crippen molar-refractivity contribution in [3.63, 3.8) is 0 Å². The minimum atomic E-state index is -0.373. The van der Waals surface area contributed by atoms with E-state index in [1.165, 1.54) is 0 Å². The molecule has 2 aromatic rings. The van der Waals surface area contributed by atoms with Gasteiger partial charge in [0.25, 0.3) is 0 Å². The summed E-state index contributed by atoms with van der Waals surface area (Å²) in [5.41, 5.74) is 8.04. The van der Waals surface area contributed by atoms with Gasteiger partial charge in [0.05, 0.1) is 0 Å². The van der Waals surface area contributed by atoms with Crippen molar-refractivity contribution >= 4 is 16.8 Å². The van der Waals surface area contributed by atoms with E-state index in [1.807, 2.05) is 18.3 Å². The van der Waals surface area contributed by atoms with Gasteiger partial charge in [-0.15, -0.1) is 0 Å². The Morgan fingerprint density at radius 1 is 1.40 bits per heavy atom. The summed E-state index contributed by atoms with van der Waals surface area (Å²) < 4.78 is 0. The number of rotatable bonds is 2. The van der Waals surface area contributed by atoms with E-state index >= 15 is 0 Å². The predicted octanol–water partition coefficient (Wildman–Crippen LogP) is 2.39. The average molecular weight is 202 g/mol. The fraction of sp³-hybridized carbons (Fsp3) is 0.250. The number of benzene rings is 1. The number of H-pyrrole nitrogens is 1. The normalized spacial score (nSPS) is 11.1. The Labute approximate surface area is 88.3 Å². The first-order valence-corrected chi connectivity index (χ1v) is 5.00. The van der Waals surface area contributed by atoms with Gasteiger partial charge in [-0.3, -0.25) is 4.79 Å². The number of nitrogens with two attached hydrogens (primary N) is 1. The van der Waals surface area contributed by atoms with Crippen LogP contribution in [0.2, 0.25) is 0 Å². The zero-order chi connectivity index (χ0) is 11.0. The van der Waals surface area contributed by atoms with Crippen molar-refractivity contribution in [3.8, 4) is 0 Å². The zero-order valence-corrected chi connectivity index (χ0v) is 8.87. The molecule has 2 rings (SSSR count). The molecule has 0 aliphatic rings. The second kappa shape index (κ2) is 3.42. The second-order valence-electron chi connectivity index (χ2n) is 4.03. The number of amides is 1. The lowest BCUT2D eigenvalue weighted by molar-refractivity contribution is 0.100. The van der Waals surface area contributed by atoms with Gasteiger partial charge in [0.2, 0.25) is 5.91 Å². The highest BCUT2D eigenvalue weighted by Crippen LogP contribution is 2.24. The number of hydrogen-bond donors (Lipinski definition) is 2. The number of fused-ring (bicyclic) bond motifs is 1. The highest BCUT2D eigenvalue weighted by atomic mass is 16.1. The molecule has 0 unspecified atom stereocenters. The van der Waals surface area contributed by atoms with Gasteiger partial charge in [-0.05, 0) is 29.7 Å². The molecule has 0 saturated carbocycles. The third-order valence-electron chi connectivity index (χ3n) is 2.62. The highest BCUT2D eigenvalue weighted by molar-refractivity contribution is 6.06. The maximum absolute atomic E-state index is 11.3. The number of carbonyl (C=O) groups is 1. The number of nitrogens with one attached hydrogen (secondary N) is 1. The van der Waals surface area contributed by atoms with E-state index in [0.29, 0.717) is 11.5 Å². The van der Waals surface area contributed by atoms with Crippen LogP contribution in [0, 0.1) is 0 Å². The van der Waals surface area contributed by atoms with Crippen molar-refractivity contribution in [1.82, 2.24) is 4.98 Å². The second-order valence-corrected chi connectivity index (χ2v) is 4.03. The van der Waals surface area contributed by atoms with Crippen molar-refractivity contribution in [3.05, 3.63) is 35.5 Å². The van der Waals surface area contributed by atoms with Crippen LogP contribution in [0.5, 0.6) is 0 Å². The molecular weight excluding hydrogens is 188 g/mol. The Hall–Kier alpha value is -1.77. The fourth-order valence-corrected chi connectivity index (χ4v) is 1.73. The van der Waals surface area contributed by atoms with Gasteiger partial charge in [0.15, 0.2) is 0 Å². The summed E-state index contributed by atoms with van der Waals surface area (Å²) in [5, 5.41) is 0.895. The summed E-state index contributed by atoms with van der Waals surface area (Å²) in [4.78, 5) is 14.4. The van der Waals surface area contributed by atoms with E-state index in [9.17, 15) is 4.79 Å². The topological polar surface area (TPSA) is 58.9 Å². The number of carbonyl (C=O) groups excluding carboxylic acids is 1. The fourth-order valence-electron chi connectivity index (χ4n) is 1.73. The number of primary amides is 1. The molecule has 1 aromatic heterocycles. The summed E-state index contributed by atoms with van der Waals surface area (Å²) in [6, 6.07) is 5.81. The van der Waals surface area contributed by atoms with Crippen molar-refractivity contribution in [2.75, 3.05) is 0 Å². The molecule has 78 valence electrons. The van der Waals surface area contributed by atoms with E-state index in [4.69, 9.17) is 5.73 Å². The summed E-state index contributed by atoms with van der Waals surface area (Å²) >= 11 is 0. The molecule has 0 aliphatic heterocycles. The van der Waals surface area contributed by atoms with Gasteiger partial charge in [0, 0.05) is 22.7 Å². The summed E-state index contributed by atoms with van der Waals surface area (Å²) in [6.45, 7) is 4.18. The Morgan fingerprint density at radius 3 is 2.73 bits per heavy atom. The Bertz CT molecular complexity index is 511. The molecule has 0 atom stereocenters. The predicted molar refractivity (Wildman–Crippen MR) is 60.9 cm³/mol. The van der Waals surface area contributed by atoms with Crippen LogP contribution < -0.4 is 5.73 Å². The quantitative estimate of drug-likeness (QED) is 0.771. The van der Waals surface area contributed by atoms with Crippen LogP contribution in [0.1, 0.15) is 35.7 Å². The molecular formula is C12H14N2O. The molecule has 0 aliphatic carbocycles. The van der Waals surface area contributed by atoms with Crippen molar-refractivity contribution < 1.29 is 4.79 Å². The van der Waals surface area contributed by atoms with Gasteiger partial charge >= 0.3 is 0 Å². The number of aromatic amines is 1. The Kier molecular flexibility index (Phi) is 2.23. The Balaban J connectivity index is 2.74. The molecule has 3 nitrogen and oxygen atoms in total. The van der Waals surface area contributed by atoms with Gasteiger partial charge in [0.1, 0.15) is 0 Å². The van der Waals surface area contributed by atoms with Crippen LogP contribution >= 0.6 is 0 Å². The molecule has 3 heteroatoms.